The molecule has 0 aliphatic carbocycles. The minimum absolute atomic E-state index is 0.0348. The Morgan fingerprint density at radius 2 is 2.21 bits per heavy atom. The zero-order valence-electron chi connectivity index (χ0n) is 11.5. The number of benzene rings is 1. The lowest BCUT2D eigenvalue weighted by molar-refractivity contribution is 0.184. The van der Waals surface area contributed by atoms with Crippen LogP contribution in [0.3, 0.4) is 0 Å². The van der Waals surface area contributed by atoms with Crippen LogP contribution < -0.4 is 5.32 Å². The van der Waals surface area contributed by atoms with E-state index in [1.165, 1.54) is 5.56 Å². The van der Waals surface area contributed by atoms with Gasteiger partial charge in [-0.05, 0) is 24.3 Å². The van der Waals surface area contributed by atoms with Gasteiger partial charge in [0.25, 0.3) is 0 Å². The fourth-order valence-electron chi connectivity index (χ4n) is 2.50. The molecule has 1 fully saturated rings. The quantitative estimate of drug-likeness (QED) is 0.824. The Bertz CT molecular complexity index is 394. The van der Waals surface area contributed by atoms with Crippen molar-refractivity contribution in [3.05, 3.63) is 35.9 Å². The van der Waals surface area contributed by atoms with E-state index in [-0.39, 0.29) is 6.03 Å². The average Bonchev–Trinajstić information content (AvgIpc) is 2.89. The average molecular weight is 262 g/mol. The van der Waals surface area contributed by atoms with Crippen LogP contribution in [0.1, 0.15) is 12.0 Å². The third kappa shape index (κ3) is 4.24. The maximum Gasteiger partial charge on any atom is 0.317 e. The molecule has 19 heavy (non-hydrogen) atoms. The molecule has 0 radical (unpaired) electrons. The monoisotopic (exact) mass is 262 g/mol. The second kappa shape index (κ2) is 7.14. The van der Waals surface area contributed by atoms with Gasteiger partial charge in [-0.25, -0.2) is 4.79 Å². The summed E-state index contributed by atoms with van der Waals surface area (Å²) in [6.07, 6.45) is 2.15. The van der Waals surface area contributed by atoms with Crippen molar-refractivity contribution in [2.75, 3.05) is 33.4 Å². The Kier molecular flexibility index (Phi) is 5.21. The maximum absolute atomic E-state index is 11.9. The van der Waals surface area contributed by atoms with Crippen molar-refractivity contribution >= 4 is 6.03 Å². The number of methoxy groups -OCH3 is 1. The summed E-state index contributed by atoms with van der Waals surface area (Å²) in [5.41, 5.74) is 1.36. The van der Waals surface area contributed by atoms with Crippen molar-refractivity contribution in [2.24, 2.45) is 5.92 Å². The summed E-state index contributed by atoms with van der Waals surface area (Å²) in [6.45, 7) is 2.85. The molecule has 1 heterocycles. The lowest BCUT2D eigenvalue weighted by Crippen LogP contribution is -2.39. The van der Waals surface area contributed by atoms with Gasteiger partial charge in [0.15, 0.2) is 0 Å². The van der Waals surface area contributed by atoms with E-state index in [2.05, 4.69) is 29.6 Å². The number of hydrogen-bond donors (Lipinski definition) is 1. The van der Waals surface area contributed by atoms with Crippen molar-refractivity contribution in [3.8, 4) is 0 Å². The van der Waals surface area contributed by atoms with Crippen molar-refractivity contribution in [1.29, 1.82) is 0 Å². The summed E-state index contributed by atoms with van der Waals surface area (Å²) < 4.78 is 4.92. The molecule has 1 aromatic rings. The highest BCUT2D eigenvalue weighted by Crippen LogP contribution is 2.20. The Morgan fingerprint density at radius 1 is 1.42 bits per heavy atom. The highest BCUT2D eigenvalue weighted by molar-refractivity contribution is 5.74. The van der Waals surface area contributed by atoms with Gasteiger partial charge in [0.2, 0.25) is 0 Å². The van der Waals surface area contributed by atoms with E-state index in [0.717, 1.165) is 25.9 Å². The summed E-state index contributed by atoms with van der Waals surface area (Å²) >= 11 is 0. The molecule has 2 amide bonds. The first-order chi connectivity index (χ1) is 9.29. The van der Waals surface area contributed by atoms with Gasteiger partial charge < -0.3 is 15.0 Å². The summed E-state index contributed by atoms with van der Waals surface area (Å²) in [6, 6.07) is 10.5. The van der Waals surface area contributed by atoms with E-state index < -0.39 is 0 Å². The van der Waals surface area contributed by atoms with E-state index in [4.69, 9.17) is 4.74 Å². The van der Waals surface area contributed by atoms with Gasteiger partial charge in [0.05, 0.1) is 6.61 Å². The zero-order chi connectivity index (χ0) is 13.5. The zero-order valence-corrected chi connectivity index (χ0v) is 11.5. The first kappa shape index (κ1) is 13.9. The van der Waals surface area contributed by atoms with E-state index in [9.17, 15) is 4.79 Å². The summed E-state index contributed by atoms with van der Waals surface area (Å²) in [5, 5.41) is 2.87. The van der Waals surface area contributed by atoms with Gasteiger partial charge in [0.1, 0.15) is 0 Å². The standard InChI is InChI=1S/C15H22N2O2/c1-19-10-8-16-15(18)17-9-7-14(12-17)11-13-5-3-2-4-6-13/h2-6,14H,7-12H2,1H3,(H,16,18)/t14-/m0/s1. The molecule has 4 nitrogen and oxygen atoms in total. The number of likely N-dealkylation sites (tertiary alicyclic amines) is 1. The predicted molar refractivity (Wildman–Crippen MR) is 75.1 cm³/mol. The molecule has 1 atom stereocenters. The Morgan fingerprint density at radius 3 is 2.95 bits per heavy atom. The summed E-state index contributed by atoms with van der Waals surface area (Å²) in [7, 11) is 1.64. The van der Waals surface area contributed by atoms with E-state index >= 15 is 0 Å². The molecule has 0 spiro atoms. The molecular weight excluding hydrogens is 240 g/mol. The molecule has 2 rings (SSSR count). The topological polar surface area (TPSA) is 41.6 Å². The third-order valence-corrected chi connectivity index (χ3v) is 3.52. The smallest absolute Gasteiger partial charge is 0.317 e. The van der Waals surface area contributed by atoms with Crippen molar-refractivity contribution in [1.82, 2.24) is 10.2 Å². The number of rotatable bonds is 5. The number of nitrogens with zero attached hydrogens (tertiary/aromatic N) is 1. The van der Waals surface area contributed by atoms with Crippen molar-refractivity contribution in [3.63, 3.8) is 0 Å². The van der Waals surface area contributed by atoms with Gasteiger partial charge in [0, 0.05) is 26.7 Å². The van der Waals surface area contributed by atoms with Crippen LogP contribution in [-0.2, 0) is 11.2 Å². The molecule has 1 aromatic carbocycles. The Balaban J connectivity index is 1.75. The molecule has 1 saturated heterocycles. The number of carbonyl (C=O) groups excluding carboxylic acids is 1. The molecule has 0 saturated carbocycles. The Labute approximate surface area is 114 Å². The highest BCUT2D eigenvalue weighted by Gasteiger charge is 2.25. The van der Waals surface area contributed by atoms with Crippen LogP contribution in [0.4, 0.5) is 4.79 Å². The Hall–Kier alpha value is -1.55. The van der Waals surface area contributed by atoms with Gasteiger partial charge in [-0.2, -0.15) is 0 Å². The first-order valence-electron chi connectivity index (χ1n) is 6.85. The van der Waals surface area contributed by atoms with Crippen LogP contribution >= 0.6 is 0 Å². The molecule has 1 N–H and O–H groups in total. The number of urea groups is 1. The number of carbonyl (C=O) groups is 1. The SMILES string of the molecule is COCCNC(=O)N1CC[C@@H](Cc2ccccc2)C1. The van der Waals surface area contributed by atoms with E-state index in [0.29, 0.717) is 19.1 Å². The van der Waals surface area contributed by atoms with E-state index in [1.54, 1.807) is 7.11 Å². The molecule has 104 valence electrons. The lowest BCUT2D eigenvalue weighted by atomic mass is 9.99. The third-order valence-electron chi connectivity index (χ3n) is 3.52. The minimum Gasteiger partial charge on any atom is -0.383 e. The number of hydrogen-bond acceptors (Lipinski definition) is 2. The molecular formula is C15H22N2O2. The van der Waals surface area contributed by atoms with Crippen LogP contribution in [0.25, 0.3) is 0 Å². The van der Waals surface area contributed by atoms with E-state index in [1.807, 2.05) is 11.0 Å². The highest BCUT2D eigenvalue weighted by atomic mass is 16.5. The fourth-order valence-corrected chi connectivity index (χ4v) is 2.50. The number of amides is 2. The molecule has 1 aliphatic heterocycles. The molecule has 0 bridgehead atoms. The van der Waals surface area contributed by atoms with Crippen molar-refractivity contribution < 1.29 is 9.53 Å². The predicted octanol–water partition coefficient (Wildman–Crippen LogP) is 1.91. The van der Waals surface area contributed by atoms with Gasteiger partial charge in [-0.15, -0.1) is 0 Å². The molecule has 0 unspecified atom stereocenters. The number of ether oxygens (including phenoxy) is 1. The van der Waals surface area contributed by atoms with Crippen LogP contribution in [0.15, 0.2) is 30.3 Å². The van der Waals surface area contributed by atoms with Crippen LogP contribution in [0.2, 0.25) is 0 Å². The molecule has 0 aromatic heterocycles. The van der Waals surface area contributed by atoms with Gasteiger partial charge in [-0.1, -0.05) is 30.3 Å². The first-order valence-corrected chi connectivity index (χ1v) is 6.85. The summed E-state index contributed by atoms with van der Waals surface area (Å²) in [5.74, 6) is 0.579. The van der Waals surface area contributed by atoms with Crippen LogP contribution in [0, 0.1) is 5.92 Å². The molecule has 1 aliphatic rings. The normalized spacial score (nSPS) is 18.6. The maximum atomic E-state index is 11.9. The minimum atomic E-state index is 0.0348. The largest absolute Gasteiger partial charge is 0.383 e. The number of nitrogens with one attached hydrogen (secondary N) is 1. The van der Waals surface area contributed by atoms with Crippen molar-refractivity contribution in [2.45, 2.75) is 12.8 Å². The van der Waals surface area contributed by atoms with Crippen LogP contribution in [-0.4, -0.2) is 44.3 Å². The second-order valence-corrected chi connectivity index (χ2v) is 5.02. The summed E-state index contributed by atoms with van der Waals surface area (Å²) in [4.78, 5) is 13.8. The molecule has 4 heteroatoms. The lowest BCUT2D eigenvalue weighted by Gasteiger charge is -2.17. The van der Waals surface area contributed by atoms with Crippen LogP contribution in [0.5, 0.6) is 0 Å². The fraction of sp³-hybridized carbons (Fsp3) is 0.533. The second-order valence-electron chi connectivity index (χ2n) is 5.02. The van der Waals surface area contributed by atoms with Gasteiger partial charge in [-0.3, -0.25) is 0 Å². The van der Waals surface area contributed by atoms with Gasteiger partial charge >= 0.3 is 6.03 Å².